The number of hydrogen-bond donors (Lipinski definition) is 1. The van der Waals surface area contributed by atoms with Gasteiger partial charge in [0.2, 0.25) is 0 Å². The molecule has 2 atom stereocenters. The molecular weight excluding hydrogens is 248 g/mol. The van der Waals surface area contributed by atoms with Crippen molar-refractivity contribution in [2.75, 3.05) is 26.2 Å². The van der Waals surface area contributed by atoms with E-state index in [1.807, 2.05) is 0 Å². The number of nitrogens with zero attached hydrogens (tertiary/aromatic N) is 1. The van der Waals surface area contributed by atoms with Crippen molar-refractivity contribution in [3.8, 4) is 5.75 Å². The zero-order valence-corrected chi connectivity index (χ0v) is 13.1. The fourth-order valence-corrected chi connectivity index (χ4v) is 2.81. The van der Waals surface area contributed by atoms with E-state index in [1.165, 1.54) is 12.0 Å². The van der Waals surface area contributed by atoms with E-state index in [2.05, 4.69) is 55.3 Å². The first-order valence-corrected chi connectivity index (χ1v) is 7.91. The molecule has 2 unspecified atom stereocenters. The number of rotatable bonds is 6. The Balaban J connectivity index is 2.01. The fourth-order valence-electron chi connectivity index (χ4n) is 2.81. The Morgan fingerprint density at radius 2 is 2.10 bits per heavy atom. The standard InChI is InChI=1S/C17H28N2O/c1-4-14(3)16(18-5-2)13-19-10-11-20-17-9-7-6-8-15(17)12-19/h6-9,14,16,18H,4-5,10-13H2,1-3H3. The second kappa shape index (κ2) is 7.65. The van der Waals surface area contributed by atoms with Crippen molar-refractivity contribution in [3.63, 3.8) is 0 Å². The molecule has 1 aromatic carbocycles. The van der Waals surface area contributed by atoms with E-state index in [4.69, 9.17) is 4.74 Å². The summed E-state index contributed by atoms with van der Waals surface area (Å²) in [4.78, 5) is 2.52. The molecule has 0 radical (unpaired) electrons. The summed E-state index contributed by atoms with van der Waals surface area (Å²) in [6.45, 7) is 11.7. The molecule has 2 rings (SSSR count). The number of fused-ring (bicyclic) bond motifs is 1. The lowest BCUT2D eigenvalue weighted by Gasteiger charge is -2.30. The second-order valence-corrected chi connectivity index (χ2v) is 5.74. The van der Waals surface area contributed by atoms with Gasteiger partial charge in [-0.1, -0.05) is 45.4 Å². The van der Waals surface area contributed by atoms with Gasteiger partial charge < -0.3 is 10.1 Å². The molecule has 0 spiro atoms. The van der Waals surface area contributed by atoms with E-state index < -0.39 is 0 Å². The molecule has 0 fully saturated rings. The van der Waals surface area contributed by atoms with Crippen LogP contribution in [0.15, 0.2) is 24.3 Å². The quantitative estimate of drug-likeness (QED) is 0.864. The molecule has 0 aromatic heterocycles. The van der Waals surface area contributed by atoms with Gasteiger partial charge in [-0.25, -0.2) is 0 Å². The van der Waals surface area contributed by atoms with Crippen molar-refractivity contribution in [1.82, 2.24) is 10.2 Å². The van der Waals surface area contributed by atoms with Crippen molar-refractivity contribution >= 4 is 0 Å². The van der Waals surface area contributed by atoms with Crippen LogP contribution in [0.1, 0.15) is 32.8 Å². The van der Waals surface area contributed by atoms with Crippen molar-refractivity contribution in [2.45, 2.75) is 39.8 Å². The minimum Gasteiger partial charge on any atom is -0.492 e. The first kappa shape index (κ1) is 15.3. The van der Waals surface area contributed by atoms with E-state index in [-0.39, 0.29) is 0 Å². The molecule has 3 heteroatoms. The van der Waals surface area contributed by atoms with Crippen LogP contribution in [0.25, 0.3) is 0 Å². The second-order valence-electron chi connectivity index (χ2n) is 5.74. The first-order valence-electron chi connectivity index (χ1n) is 7.91. The summed E-state index contributed by atoms with van der Waals surface area (Å²) >= 11 is 0. The average molecular weight is 276 g/mol. The Bertz CT molecular complexity index is 408. The van der Waals surface area contributed by atoms with Crippen LogP contribution in [0.5, 0.6) is 5.75 Å². The summed E-state index contributed by atoms with van der Waals surface area (Å²) in [5.41, 5.74) is 1.31. The molecule has 0 saturated carbocycles. The van der Waals surface area contributed by atoms with Gasteiger partial charge in [-0.2, -0.15) is 0 Å². The number of benzene rings is 1. The van der Waals surface area contributed by atoms with Gasteiger partial charge in [0.1, 0.15) is 12.4 Å². The van der Waals surface area contributed by atoms with Crippen LogP contribution in [-0.2, 0) is 6.54 Å². The highest BCUT2D eigenvalue weighted by molar-refractivity contribution is 5.33. The molecule has 0 bridgehead atoms. The van der Waals surface area contributed by atoms with E-state index in [0.29, 0.717) is 12.0 Å². The number of hydrogen-bond acceptors (Lipinski definition) is 3. The Kier molecular flexibility index (Phi) is 5.86. The van der Waals surface area contributed by atoms with Crippen LogP contribution in [0.2, 0.25) is 0 Å². The van der Waals surface area contributed by atoms with Gasteiger partial charge in [0.15, 0.2) is 0 Å². The van der Waals surface area contributed by atoms with E-state index in [9.17, 15) is 0 Å². The minimum absolute atomic E-state index is 0.565. The molecular formula is C17H28N2O. The lowest BCUT2D eigenvalue weighted by Crippen LogP contribution is -2.45. The summed E-state index contributed by atoms with van der Waals surface area (Å²) in [5.74, 6) is 1.76. The average Bonchev–Trinajstić information content (AvgIpc) is 2.67. The van der Waals surface area contributed by atoms with Gasteiger partial charge in [-0.15, -0.1) is 0 Å². The first-order chi connectivity index (χ1) is 9.74. The Morgan fingerprint density at radius 1 is 1.30 bits per heavy atom. The van der Waals surface area contributed by atoms with Crippen molar-refractivity contribution in [1.29, 1.82) is 0 Å². The molecule has 20 heavy (non-hydrogen) atoms. The predicted octanol–water partition coefficient (Wildman–Crippen LogP) is 2.91. The van der Waals surface area contributed by atoms with Crippen LogP contribution in [0, 0.1) is 5.92 Å². The third kappa shape index (κ3) is 3.97. The van der Waals surface area contributed by atoms with Crippen molar-refractivity contribution in [3.05, 3.63) is 29.8 Å². The number of likely N-dealkylation sites (N-methyl/N-ethyl adjacent to an activating group) is 1. The normalized spacial score (nSPS) is 18.8. The van der Waals surface area contributed by atoms with Crippen LogP contribution in [0.3, 0.4) is 0 Å². The molecule has 0 aliphatic carbocycles. The van der Waals surface area contributed by atoms with Crippen molar-refractivity contribution in [2.24, 2.45) is 5.92 Å². The maximum Gasteiger partial charge on any atom is 0.123 e. The largest absolute Gasteiger partial charge is 0.492 e. The van der Waals surface area contributed by atoms with E-state index >= 15 is 0 Å². The lowest BCUT2D eigenvalue weighted by atomic mass is 9.98. The van der Waals surface area contributed by atoms with Crippen LogP contribution >= 0.6 is 0 Å². The van der Waals surface area contributed by atoms with E-state index in [0.717, 1.165) is 38.5 Å². The smallest absolute Gasteiger partial charge is 0.123 e. The highest BCUT2D eigenvalue weighted by atomic mass is 16.5. The lowest BCUT2D eigenvalue weighted by molar-refractivity contribution is 0.187. The topological polar surface area (TPSA) is 24.5 Å². The van der Waals surface area contributed by atoms with Gasteiger partial charge in [0.05, 0.1) is 0 Å². The minimum atomic E-state index is 0.565. The van der Waals surface area contributed by atoms with Crippen LogP contribution in [-0.4, -0.2) is 37.2 Å². The van der Waals surface area contributed by atoms with Crippen molar-refractivity contribution < 1.29 is 4.74 Å². The summed E-state index contributed by atoms with van der Waals surface area (Å²) < 4.78 is 5.84. The third-order valence-electron chi connectivity index (χ3n) is 4.28. The Labute approximate surface area is 123 Å². The summed E-state index contributed by atoms with van der Waals surface area (Å²) in [5, 5.41) is 3.64. The van der Waals surface area contributed by atoms with Gasteiger partial charge in [-0.3, -0.25) is 4.90 Å². The Hall–Kier alpha value is -1.06. The van der Waals surface area contributed by atoms with Gasteiger partial charge in [0, 0.05) is 31.2 Å². The monoisotopic (exact) mass is 276 g/mol. The molecule has 1 N–H and O–H groups in total. The molecule has 0 amide bonds. The maximum absolute atomic E-state index is 5.84. The molecule has 3 nitrogen and oxygen atoms in total. The van der Waals surface area contributed by atoms with Crippen LogP contribution in [0.4, 0.5) is 0 Å². The van der Waals surface area contributed by atoms with Crippen LogP contribution < -0.4 is 10.1 Å². The summed E-state index contributed by atoms with van der Waals surface area (Å²) in [7, 11) is 0. The maximum atomic E-state index is 5.84. The SMILES string of the molecule is CCNC(CN1CCOc2ccccc2C1)C(C)CC. The Morgan fingerprint density at radius 3 is 2.85 bits per heavy atom. The molecule has 1 aliphatic heterocycles. The summed E-state index contributed by atoms with van der Waals surface area (Å²) in [6.07, 6.45) is 1.22. The number of ether oxygens (including phenoxy) is 1. The summed E-state index contributed by atoms with van der Waals surface area (Å²) in [6, 6.07) is 8.97. The third-order valence-corrected chi connectivity index (χ3v) is 4.28. The predicted molar refractivity (Wildman–Crippen MR) is 84.1 cm³/mol. The molecule has 112 valence electrons. The van der Waals surface area contributed by atoms with E-state index in [1.54, 1.807) is 0 Å². The van der Waals surface area contributed by atoms with Gasteiger partial charge in [-0.05, 0) is 18.5 Å². The highest BCUT2D eigenvalue weighted by Crippen LogP contribution is 2.23. The van der Waals surface area contributed by atoms with Gasteiger partial charge >= 0.3 is 0 Å². The molecule has 0 saturated heterocycles. The number of nitrogens with one attached hydrogen (secondary N) is 1. The fraction of sp³-hybridized carbons (Fsp3) is 0.647. The highest BCUT2D eigenvalue weighted by Gasteiger charge is 2.21. The zero-order valence-electron chi connectivity index (χ0n) is 13.1. The number of para-hydroxylation sites is 1. The molecule has 1 aromatic rings. The molecule has 1 aliphatic rings. The molecule has 1 heterocycles. The van der Waals surface area contributed by atoms with Gasteiger partial charge in [0.25, 0.3) is 0 Å². The zero-order chi connectivity index (χ0) is 14.4.